The van der Waals surface area contributed by atoms with Gasteiger partial charge in [-0.15, -0.1) is 0 Å². The van der Waals surface area contributed by atoms with E-state index in [-0.39, 0.29) is 28.6 Å². The molecule has 2 aromatic carbocycles. The summed E-state index contributed by atoms with van der Waals surface area (Å²) in [5.41, 5.74) is -5.55. The zero-order chi connectivity index (χ0) is 29.6. The van der Waals surface area contributed by atoms with Gasteiger partial charge in [0.15, 0.2) is 11.4 Å². The van der Waals surface area contributed by atoms with Crippen LogP contribution >= 0.6 is 0 Å². The van der Waals surface area contributed by atoms with Crippen LogP contribution in [0.5, 0.6) is 0 Å². The summed E-state index contributed by atoms with van der Waals surface area (Å²) < 4.78 is 92.2. The fourth-order valence-corrected chi connectivity index (χ4v) is 4.26. The van der Waals surface area contributed by atoms with Crippen LogP contribution in [0.3, 0.4) is 0 Å². The Bertz CT molecular complexity index is 1340. The Balaban J connectivity index is 2.56. The highest BCUT2D eigenvalue weighted by Gasteiger charge is 2.46. The number of hydrogen-bond acceptors (Lipinski definition) is 3. The van der Waals surface area contributed by atoms with Gasteiger partial charge >= 0.3 is 18.3 Å². The van der Waals surface area contributed by atoms with Crippen molar-refractivity contribution >= 4 is 5.97 Å². The van der Waals surface area contributed by atoms with E-state index in [1.807, 2.05) is 41.5 Å². The molecule has 210 valence electrons. The number of ether oxygens (including phenoxy) is 1. The van der Waals surface area contributed by atoms with Gasteiger partial charge in [-0.1, -0.05) is 90.1 Å². The summed E-state index contributed by atoms with van der Waals surface area (Å²) in [6.07, 6.45) is -10.4. The Kier molecular flexibility index (Phi) is 7.99. The summed E-state index contributed by atoms with van der Waals surface area (Å²) in [5.74, 6) is -1.59. The van der Waals surface area contributed by atoms with Crippen LogP contribution in [-0.4, -0.2) is 17.6 Å². The van der Waals surface area contributed by atoms with Gasteiger partial charge in [0, 0.05) is 11.1 Å². The predicted octanol–water partition coefficient (Wildman–Crippen LogP) is 9.22. The van der Waals surface area contributed by atoms with Crippen LogP contribution in [0.25, 0.3) is 22.3 Å². The normalized spacial score (nSPS) is 12.9. The van der Waals surface area contributed by atoms with E-state index in [9.17, 15) is 31.1 Å². The molecule has 0 aliphatic rings. The first-order valence-electron chi connectivity index (χ1n) is 12.4. The molecular formula is C30H31F6NO2. The second-order valence-corrected chi connectivity index (χ2v) is 11.3. The van der Waals surface area contributed by atoms with Crippen LogP contribution in [-0.2, 0) is 27.9 Å². The van der Waals surface area contributed by atoms with Crippen molar-refractivity contribution in [2.45, 2.75) is 71.6 Å². The van der Waals surface area contributed by atoms with Crippen LogP contribution in [0.4, 0.5) is 26.3 Å². The van der Waals surface area contributed by atoms with Gasteiger partial charge in [0.2, 0.25) is 0 Å². The van der Waals surface area contributed by atoms with E-state index in [4.69, 9.17) is 4.74 Å². The number of pyridine rings is 1. The second-order valence-electron chi connectivity index (χ2n) is 11.3. The first-order chi connectivity index (χ1) is 17.8. The molecule has 0 radical (unpaired) electrons. The molecule has 0 spiro atoms. The Morgan fingerprint density at radius 1 is 0.692 bits per heavy atom. The first-order valence-corrected chi connectivity index (χ1v) is 12.4. The summed E-state index contributed by atoms with van der Waals surface area (Å²) >= 11 is 0. The van der Waals surface area contributed by atoms with Crippen molar-refractivity contribution in [3.63, 3.8) is 0 Å². The first kappa shape index (κ1) is 30.2. The highest BCUT2D eigenvalue weighted by molar-refractivity contribution is 5.97. The van der Waals surface area contributed by atoms with Crippen LogP contribution in [0.2, 0.25) is 0 Å². The topological polar surface area (TPSA) is 39.2 Å². The van der Waals surface area contributed by atoms with Crippen molar-refractivity contribution in [1.29, 1.82) is 0 Å². The van der Waals surface area contributed by atoms with Gasteiger partial charge < -0.3 is 4.74 Å². The van der Waals surface area contributed by atoms with Crippen molar-refractivity contribution in [1.82, 2.24) is 4.98 Å². The molecule has 0 aliphatic heterocycles. The smallest absolute Gasteiger partial charge is 0.434 e. The van der Waals surface area contributed by atoms with Crippen LogP contribution in [0.15, 0.2) is 48.5 Å². The second kappa shape index (κ2) is 10.3. The largest absolute Gasteiger partial charge is 0.461 e. The number of alkyl halides is 6. The van der Waals surface area contributed by atoms with E-state index in [0.717, 1.165) is 11.1 Å². The maximum atomic E-state index is 14.7. The van der Waals surface area contributed by atoms with Crippen LogP contribution in [0, 0.1) is 0 Å². The monoisotopic (exact) mass is 551 g/mol. The van der Waals surface area contributed by atoms with E-state index in [1.54, 1.807) is 24.3 Å². The van der Waals surface area contributed by atoms with Crippen LogP contribution in [0.1, 0.15) is 81.3 Å². The maximum Gasteiger partial charge on any atom is 0.434 e. The standard InChI is InChI=1S/C30H31F6NO2/c1-8-39-26(38)24-23(29(31,32)33)21(17-9-13-19(14-10-17)27(2,3)4)22(25(37-24)30(34,35)36)18-11-15-20(16-12-18)28(5,6)7/h9-16H,8H2,1-7H3. The number of benzene rings is 2. The summed E-state index contributed by atoms with van der Waals surface area (Å²) in [5, 5.41) is 0. The number of hydrogen-bond donors (Lipinski definition) is 0. The number of halogens is 6. The lowest BCUT2D eigenvalue weighted by molar-refractivity contribution is -0.144. The summed E-state index contributed by atoms with van der Waals surface area (Å²) in [4.78, 5) is 15.9. The average molecular weight is 552 g/mol. The van der Waals surface area contributed by atoms with Crippen molar-refractivity contribution in [3.05, 3.63) is 76.6 Å². The third-order valence-electron chi connectivity index (χ3n) is 6.30. The van der Waals surface area contributed by atoms with Gasteiger partial charge in [0.25, 0.3) is 0 Å². The van der Waals surface area contributed by atoms with Crippen LogP contribution < -0.4 is 0 Å². The van der Waals surface area contributed by atoms with Crippen molar-refractivity contribution < 1.29 is 35.9 Å². The molecule has 3 aromatic rings. The minimum absolute atomic E-state index is 0.112. The molecule has 0 fully saturated rings. The predicted molar refractivity (Wildman–Crippen MR) is 138 cm³/mol. The lowest BCUT2D eigenvalue weighted by Gasteiger charge is -2.25. The Labute approximate surface area is 224 Å². The number of nitrogens with zero attached hydrogens (tertiary/aromatic N) is 1. The van der Waals surface area contributed by atoms with Gasteiger partial charge in [0.05, 0.1) is 12.2 Å². The van der Waals surface area contributed by atoms with Gasteiger partial charge in [-0.25, -0.2) is 9.78 Å². The van der Waals surface area contributed by atoms with E-state index >= 15 is 0 Å². The fourth-order valence-electron chi connectivity index (χ4n) is 4.26. The third kappa shape index (κ3) is 6.45. The van der Waals surface area contributed by atoms with Gasteiger partial charge in [-0.05, 0) is 40.0 Å². The third-order valence-corrected chi connectivity index (χ3v) is 6.30. The lowest BCUT2D eigenvalue weighted by Crippen LogP contribution is -2.23. The molecule has 0 bridgehead atoms. The molecule has 0 N–H and O–H groups in total. The fraction of sp³-hybridized carbons (Fsp3) is 0.400. The highest BCUT2D eigenvalue weighted by Crippen LogP contribution is 2.49. The van der Waals surface area contributed by atoms with E-state index in [2.05, 4.69) is 4.98 Å². The molecule has 9 heteroatoms. The lowest BCUT2D eigenvalue weighted by atomic mass is 9.83. The van der Waals surface area contributed by atoms with E-state index in [1.165, 1.54) is 31.2 Å². The zero-order valence-corrected chi connectivity index (χ0v) is 22.9. The molecule has 0 saturated heterocycles. The van der Waals surface area contributed by atoms with Gasteiger partial charge in [-0.3, -0.25) is 0 Å². The van der Waals surface area contributed by atoms with Crippen molar-refractivity contribution in [2.75, 3.05) is 6.61 Å². The molecule has 0 saturated carbocycles. The Morgan fingerprint density at radius 3 is 1.44 bits per heavy atom. The average Bonchev–Trinajstić information content (AvgIpc) is 2.80. The Morgan fingerprint density at radius 2 is 1.10 bits per heavy atom. The zero-order valence-electron chi connectivity index (χ0n) is 22.9. The van der Waals surface area contributed by atoms with Crippen molar-refractivity contribution in [3.8, 4) is 22.3 Å². The van der Waals surface area contributed by atoms with Gasteiger partial charge in [0.1, 0.15) is 0 Å². The number of carbonyl (C=O) groups excluding carboxylic acids is 1. The number of esters is 1. The SMILES string of the molecule is CCOC(=O)c1nc(C(F)(F)F)c(-c2ccc(C(C)(C)C)cc2)c(-c2ccc(C(C)(C)C)cc2)c1C(F)(F)F. The highest BCUT2D eigenvalue weighted by atomic mass is 19.4. The molecule has 39 heavy (non-hydrogen) atoms. The summed E-state index contributed by atoms with van der Waals surface area (Å²) in [7, 11) is 0. The molecule has 0 amide bonds. The molecule has 3 rings (SSSR count). The van der Waals surface area contributed by atoms with E-state index in [0.29, 0.717) is 0 Å². The molecule has 3 nitrogen and oxygen atoms in total. The minimum atomic E-state index is -5.22. The van der Waals surface area contributed by atoms with Crippen molar-refractivity contribution in [2.24, 2.45) is 0 Å². The molecular weight excluding hydrogens is 520 g/mol. The summed E-state index contributed by atoms with van der Waals surface area (Å²) in [6.45, 7) is 12.4. The quantitative estimate of drug-likeness (QED) is 0.240. The van der Waals surface area contributed by atoms with Gasteiger partial charge in [-0.2, -0.15) is 26.3 Å². The molecule has 0 atom stereocenters. The summed E-state index contributed by atoms with van der Waals surface area (Å²) in [6, 6.07) is 11.7. The van der Waals surface area contributed by atoms with E-state index < -0.39 is 46.4 Å². The minimum Gasteiger partial charge on any atom is -0.461 e. The number of aromatic nitrogens is 1. The number of carbonyl (C=O) groups is 1. The molecule has 0 unspecified atom stereocenters. The Hall–Kier alpha value is -3.36. The number of rotatable bonds is 4. The molecule has 0 aliphatic carbocycles. The maximum absolute atomic E-state index is 14.7. The molecule has 1 heterocycles. The molecule has 1 aromatic heterocycles.